The number of nitrogens with two attached hydrogens (primary N) is 1. The molecule has 19 heavy (non-hydrogen) atoms. The zero-order chi connectivity index (χ0) is 13.8. The van der Waals surface area contributed by atoms with Crippen LogP contribution in [0.25, 0.3) is 0 Å². The molecule has 0 aliphatic heterocycles. The molecule has 0 aromatic heterocycles. The Bertz CT molecular complexity index is 469. The van der Waals surface area contributed by atoms with Crippen LogP contribution in [0.1, 0.15) is 31.2 Å². The van der Waals surface area contributed by atoms with Gasteiger partial charge in [-0.15, -0.1) is 0 Å². The Morgan fingerprint density at radius 2 is 2.11 bits per heavy atom. The minimum Gasteiger partial charge on any atom is -0.409 e. The molecule has 5 nitrogen and oxygen atoms in total. The molecule has 2 rings (SSSR count). The summed E-state index contributed by atoms with van der Waals surface area (Å²) in [5, 5.41) is 11.9. The minimum atomic E-state index is -0.702. The monoisotopic (exact) mass is 261 g/mol. The van der Waals surface area contributed by atoms with Crippen LogP contribution >= 0.6 is 0 Å². The van der Waals surface area contributed by atoms with Crippen LogP contribution < -0.4 is 5.73 Å². The summed E-state index contributed by atoms with van der Waals surface area (Å²) in [5.74, 6) is -0.853. The molecule has 1 saturated carbocycles. The Morgan fingerprint density at radius 3 is 2.58 bits per heavy atom. The average Bonchev–Trinajstić information content (AvgIpc) is 3.25. The lowest BCUT2D eigenvalue weighted by Gasteiger charge is -2.25. The first-order valence-corrected chi connectivity index (χ1v) is 6.51. The van der Waals surface area contributed by atoms with Crippen molar-refractivity contribution >= 4 is 11.7 Å². The third kappa shape index (κ3) is 2.86. The molecule has 5 heteroatoms. The number of hydrogen-bond acceptors (Lipinski definition) is 3. The van der Waals surface area contributed by atoms with Crippen LogP contribution in [-0.2, 0) is 4.79 Å². The molecule has 1 aliphatic rings. The Labute approximate surface area is 112 Å². The molecule has 0 spiro atoms. The molecule has 1 unspecified atom stereocenters. The molecule has 1 atom stereocenters. The first-order chi connectivity index (χ1) is 9.19. The molecule has 1 aromatic rings. The number of amidine groups is 1. The predicted molar refractivity (Wildman–Crippen MR) is 73.0 cm³/mol. The number of nitrogens with zero attached hydrogens (tertiary/aromatic N) is 2. The van der Waals surface area contributed by atoms with E-state index in [-0.39, 0.29) is 11.7 Å². The molecule has 0 radical (unpaired) electrons. The maximum absolute atomic E-state index is 12.6. The summed E-state index contributed by atoms with van der Waals surface area (Å²) in [6.07, 6.45) is 2.08. The van der Waals surface area contributed by atoms with Gasteiger partial charge in [-0.25, -0.2) is 0 Å². The van der Waals surface area contributed by atoms with Gasteiger partial charge in [0.15, 0.2) is 5.84 Å². The standard InChI is InChI=1S/C14H19N3O2/c1-2-17(11-8-9-11)14(18)12(13(15)16-19)10-6-4-3-5-7-10/h3-7,11-12,19H,2,8-9H2,1H3,(H2,15,16). The van der Waals surface area contributed by atoms with Gasteiger partial charge >= 0.3 is 0 Å². The lowest BCUT2D eigenvalue weighted by atomic mass is 9.96. The Balaban J connectivity index is 2.30. The molecule has 1 aromatic carbocycles. The lowest BCUT2D eigenvalue weighted by Crippen LogP contribution is -2.41. The second-order valence-corrected chi connectivity index (χ2v) is 4.72. The smallest absolute Gasteiger partial charge is 0.238 e. The molecule has 102 valence electrons. The molecule has 0 bridgehead atoms. The van der Waals surface area contributed by atoms with Crippen molar-refractivity contribution in [2.24, 2.45) is 10.9 Å². The van der Waals surface area contributed by atoms with Gasteiger partial charge in [-0.05, 0) is 25.3 Å². The van der Waals surface area contributed by atoms with E-state index >= 15 is 0 Å². The molecular formula is C14H19N3O2. The molecule has 1 amide bonds. The van der Waals surface area contributed by atoms with Gasteiger partial charge in [-0.2, -0.15) is 0 Å². The molecule has 1 aliphatic carbocycles. The number of carbonyl (C=O) groups is 1. The quantitative estimate of drug-likeness (QED) is 0.365. The van der Waals surface area contributed by atoms with Crippen molar-refractivity contribution < 1.29 is 10.0 Å². The second kappa shape index (κ2) is 5.73. The number of likely N-dealkylation sites (N-methyl/N-ethyl adjacent to an activating group) is 1. The molecule has 0 saturated heterocycles. The van der Waals surface area contributed by atoms with Crippen LogP contribution in [0.5, 0.6) is 0 Å². The summed E-state index contributed by atoms with van der Waals surface area (Å²) in [7, 11) is 0. The molecule has 0 heterocycles. The van der Waals surface area contributed by atoms with Gasteiger partial charge in [0.2, 0.25) is 5.91 Å². The van der Waals surface area contributed by atoms with E-state index in [9.17, 15) is 4.79 Å². The van der Waals surface area contributed by atoms with Gasteiger partial charge in [0.25, 0.3) is 0 Å². The van der Waals surface area contributed by atoms with Crippen LogP contribution in [0.3, 0.4) is 0 Å². The largest absolute Gasteiger partial charge is 0.409 e. The first-order valence-electron chi connectivity index (χ1n) is 6.51. The molecular weight excluding hydrogens is 242 g/mol. The van der Waals surface area contributed by atoms with Gasteiger partial charge < -0.3 is 15.8 Å². The predicted octanol–water partition coefficient (Wildman–Crippen LogP) is 1.53. The van der Waals surface area contributed by atoms with Gasteiger partial charge in [0, 0.05) is 12.6 Å². The van der Waals surface area contributed by atoms with Crippen LogP contribution in [0.4, 0.5) is 0 Å². The Morgan fingerprint density at radius 1 is 1.47 bits per heavy atom. The Hall–Kier alpha value is -2.04. The third-order valence-electron chi connectivity index (χ3n) is 3.40. The van der Waals surface area contributed by atoms with E-state index in [0.29, 0.717) is 12.6 Å². The van der Waals surface area contributed by atoms with E-state index in [0.717, 1.165) is 18.4 Å². The second-order valence-electron chi connectivity index (χ2n) is 4.72. The number of rotatable bonds is 5. The van der Waals surface area contributed by atoms with Crippen molar-refractivity contribution in [1.82, 2.24) is 4.90 Å². The van der Waals surface area contributed by atoms with Gasteiger partial charge in [0.1, 0.15) is 5.92 Å². The number of benzene rings is 1. The van der Waals surface area contributed by atoms with E-state index in [1.165, 1.54) is 0 Å². The topological polar surface area (TPSA) is 78.9 Å². The van der Waals surface area contributed by atoms with E-state index in [4.69, 9.17) is 10.9 Å². The highest BCUT2D eigenvalue weighted by Crippen LogP contribution is 2.30. The first kappa shape index (κ1) is 13.4. The molecule has 3 N–H and O–H groups in total. The normalized spacial score (nSPS) is 17.0. The van der Waals surface area contributed by atoms with Crippen molar-refractivity contribution in [2.75, 3.05) is 6.54 Å². The van der Waals surface area contributed by atoms with Crippen molar-refractivity contribution in [1.29, 1.82) is 0 Å². The van der Waals surface area contributed by atoms with Crippen molar-refractivity contribution in [3.8, 4) is 0 Å². The summed E-state index contributed by atoms with van der Waals surface area (Å²) in [6.45, 7) is 2.59. The van der Waals surface area contributed by atoms with Crippen molar-refractivity contribution in [3.05, 3.63) is 35.9 Å². The lowest BCUT2D eigenvalue weighted by molar-refractivity contribution is -0.131. The van der Waals surface area contributed by atoms with E-state index in [1.54, 1.807) is 0 Å². The number of amides is 1. The van der Waals surface area contributed by atoms with Crippen molar-refractivity contribution in [2.45, 2.75) is 31.7 Å². The third-order valence-corrected chi connectivity index (χ3v) is 3.40. The minimum absolute atomic E-state index is 0.0599. The fraction of sp³-hybridized carbons (Fsp3) is 0.429. The highest BCUT2D eigenvalue weighted by molar-refractivity contribution is 6.07. The summed E-state index contributed by atoms with van der Waals surface area (Å²) in [4.78, 5) is 14.4. The zero-order valence-electron chi connectivity index (χ0n) is 11.0. The summed E-state index contributed by atoms with van der Waals surface area (Å²) >= 11 is 0. The Kier molecular flexibility index (Phi) is 4.04. The van der Waals surface area contributed by atoms with Gasteiger partial charge in [-0.3, -0.25) is 4.79 Å². The fourth-order valence-corrected chi connectivity index (χ4v) is 2.29. The number of oxime groups is 1. The fourth-order valence-electron chi connectivity index (χ4n) is 2.29. The van der Waals surface area contributed by atoms with E-state index < -0.39 is 5.92 Å². The molecule has 1 fully saturated rings. The number of carbonyl (C=O) groups excluding carboxylic acids is 1. The van der Waals surface area contributed by atoms with Gasteiger partial charge in [-0.1, -0.05) is 35.5 Å². The summed E-state index contributed by atoms with van der Waals surface area (Å²) in [6, 6.07) is 9.51. The number of hydrogen-bond donors (Lipinski definition) is 2. The van der Waals surface area contributed by atoms with Crippen molar-refractivity contribution in [3.63, 3.8) is 0 Å². The highest BCUT2D eigenvalue weighted by Gasteiger charge is 2.37. The van der Waals surface area contributed by atoms with E-state index in [1.807, 2.05) is 42.2 Å². The highest BCUT2D eigenvalue weighted by atomic mass is 16.4. The van der Waals surface area contributed by atoms with Crippen LogP contribution in [-0.4, -0.2) is 34.4 Å². The maximum atomic E-state index is 12.6. The van der Waals surface area contributed by atoms with Crippen LogP contribution in [0.15, 0.2) is 35.5 Å². The van der Waals surface area contributed by atoms with Gasteiger partial charge in [0.05, 0.1) is 0 Å². The summed E-state index contributed by atoms with van der Waals surface area (Å²) < 4.78 is 0. The summed E-state index contributed by atoms with van der Waals surface area (Å²) in [5.41, 5.74) is 6.47. The average molecular weight is 261 g/mol. The van der Waals surface area contributed by atoms with E-state index in [2.05, 4.69) is 5.16 Å². The SMILES string of the molecule is CCN(C(=O)C(C(N)=NO)c1ccccc1)C1CC1. The van der Waals surface area contributed by atoms with Crippen LogP contribution in [0.2, 0.25) is 0 Å². The maximum Gasteiger partial charge on any atom is 0.238 e. The van der Waals surface area contributed by atoms with Crippen LogP contribution in [0, 0.1) is 0 Å². The zero-order valence-corrected chi connectivity index (χ0v) is 11.0.